The standard InChI is InChI=1S/C19H18N2.ClH/c1-3-9-17(10-4-1)15-20-19-13-7-8-14-21(19)16-18-11-5-2-6-12-18;/h1-14H,15-16H2;1H. The normalized spacial score (nSPS) is 9.82. The third-order valence-corrected chi connectivity index (χ3v) is 3.45. The summed E-state index contributed by atoms with van der Waals surface area (Å²) in [5.74, 6) is 1.13. The SMILES string of the molecule is [Cl-].c1ccc(CNc2cccc[n+]2Cc2ccccc2)cc1. The lowest BCUT2D eigenvalue weighted by molar-refractivity contribution is -0.674. The van der Waals surface area contributed by atoms with Gasteiger partial charge >= 0.3 is 0 Å². The molecule has 0 aliphatic rings. The molecule has 0 saturated carbocycles. The number of benzene rings is 2. The summed E-state index contributed by atoms with van der Waals surface area (Å²) in [6, 6.07) is 27.2. The molecule has 0 radical (unpaired) electrons. The molecule has 2 aromatic carbocycles. The fourth-order valence-electron chi connectivity index (χ4n) is 2.34. The number of aromatic nitrogens is 1. The number of halogens is 1. The van der Waals surface area contributed by atoms with E-state index in [1.807, 2.05) is 12.1 Å². The highest BCUT2D eigenvalue weighted by atomic mass is 35.5. The van der Waals surface area contributed by atoms with Crippen molar-refractivity contribution in [2.24, 2.45) is 0 Å². The Morgan fingerprint density at radius 3 is 1.95 bits per heavy atom. The molecule has 0 aliphatic heterocycles. The summed E-state index contributed by atoms with van der Waals surface area (Å²) in [6.45, 7) is 1.71. The lowest BCUT2D eigenvalue weighted by atomic mass is 10.2. The van der Waals surface area contributed by atoms with Crippen LogP contribution in [0.4, 0.5) is 5.82 Å². The predicted octanol–water partition coefficient (Wildman–Crippen LogP) is 0.639. The maximum atomic E-state index is 3.51. The number of hydrogen-bond acceptors (Lipinski definition) is 1. The Bertz CT molecular complexity index is 684. The fraction of sp³-hybridized carbons (Fsp3) is 0.105. The molecule has 1 N–H and O–H groups in total. The maximum Gasteiger partial charge on any atom is 0.274 e. The highest BCUT2D eigenvalue weighted by molar-refractivity contribution is 5.30. The Balaban J connectivity index is 0.00000176. The monoisotopic (exact) mass is 310 g/mol. The molecule has 0 unspecified atom stereocenters. The summed E-state index contributed by atoms with van der Waals surface area (Å²) >= 11 is 0. The van der Waals surface area contributed by atoms with Crippen molar-refractivity contribution >= 4 is 5.82 Å². The van der Waals surface area contributed by atoms with E-state index in [2.05, 4.69) is 82.8 Å². The van der Waals surface area contributed by atoms with E-state index in [4.69, 9.17) is 0 Å². The molecule has 3 rings (SSSR count). The van der Waals surface area contributed by atoms with Crippen molar-refractivity contribution in [2.75, 3.05) is 5.32 Å². The second-order valence-corrected chi connectivity index (χ2v) is 5.04. The molecular weight excluding hydrogens is 292 g/mol. The molecule has 0 bridgehead atoms. The minimum Gasteiger partial charge on any atom is -1.00 e. The van der Waals surface area contributed by atoms with Crippen LogP contribution < -0.4 is 22.3 Å². The molecule has 0 saturated heterocycles. The zero-order valence-electron chi connectivity index (χ0n) is 12.3. The van der Waals surface area contributed by atoms with Crippen LogP contribution in [-0.4, -0.2) is 0 Å². The average Bonchev–Trinajstić information content (AvgIpc) is 2.56. The molecule has 1 heterocycles. The Labute approximate surface area is 137 Å². The maximum absolute atomic E-state index is 3.51. The first-order valence-electron chi connectivity index (χ1n) is 7.22. The van der Waals surface area contributed by atoms with Crippen molar-refractivity contribution in [3.63, 3.8) is 0 Å². The van der Waals surface area contributed by atoms with Crippen molar-refractivity contribution in [2.45, 2.75) is 13.1 Å². The van der Waals surface area contributed by atoms with E-state index in [9.17, 15) is 0 Å². The van der Waals surface area contributed by atoms with Crippen molar-refractivity contribution in [3.05, 3.63) is 96.2 Å². The van der Waals surface area contributed by atoms with Crippen LogP contribution in [0.1, 0.15) is 11.1 Å². The number of nitrogens with one attached hydrogen (secondary N) is 1. The first-order chi connectivity index (χ1) is 10.4. The van der Waals surface area contributed by atoms with Crippen molar-refractivity contribution in [1.29, 1.82) is 0 Å². The van der Waals surface area contributed by atoms with Gasteiger partial charge in [-0.3, -0.25) is 5.32 Å². The van der Waals surface area contributed by atoms with E-state index < -0.39 is 0 Å². The van der Waals surface area contributed by atoms with Crippen molar-refractivity contribution in [1.82, 2.24) is 0 Å². The van der Waals surface area contributed by atoms with Gasteiger partial charge in [0.2, 0.25) is 0 Å². The largest absolute Gasteiger partial charge is 1.00 e. The van der Waals surface area contributed by atoms with Crippen LogP contribution in [-0.2, 0) is 13.1 Å². The van der Waals surface area contributed by atoms with Gasteiger partial charge in [0.05, 0.1) is 6.20 Å². The quantitative estimate of drug-likeness (QED) is 0.684. The van der Waals surface area contributed by atoms with Gasteiger partial charge in [-0.2, -0.15) is 0 Å². The molecule has 0 fully saturated rings. The van der Waals surface area contributed by atoms with Gasteiger partial charge in [-0.05, 0) is 17.2 Å². The molecule has 2 nitrogen and oxygen atoms in total. The van der Waals surface area contributed by atoms with Gasteiger partial charge in [0.15, 0.2) is 0 Å². The first-order valence-corrected chi connectivity index (χ1v) is 7.22. The van der Waals surface area contributed by atoms with E-state index in [0.29, 0.717) is 0 Å². The minimum atomic E-state index is 0. The molecule has 112 valence electrons. The van der Waals surface area contributed by atoms with Crippen LogP contribution in [0.3, 0.4) is 0 Å². The number of rotatable bonds is 5. The smallest absolute Gasteiger partial charge is 0.274 e. The van der Waals surface area contributed by atoms with Crippen LogP contribution in [0.15, 0.2) is 85.1 Å². The van der Waals surface area contributed by atoms with Gasteiger partial charge in [0.1, 0.15) is 13.1 Å². The van der Waals surface area contributed by atoms with Gasteiger partial charge < -0.3 is 12.4 Å². The van der Waals surface area contributed by atoms with Crippen molar-refractivity contribution in [3.8, 4) is 0 Å². The highest BCUT2D eigenvalue weighted by Crippen LogP contribution is 2.06. The minimum absolute atomic E-state index is 0. The third-order valence-electron chi connectivity index (χ3n) is 3.45. The molecular formula is C19H19ClN2. The molecule has 0 atom stereocenters. The van der Waals surface area contributed by atoms with Gasteiger partial charge in [0, 0.05) is 6.07 Å². The van der Waals surface area contributed by atoms with Gasteiger partial charge in [-0.25, -0.2) is 4.57 Å². The van der Waals surface area contributed by atoms with E-state index in [-0.39, 0.29) is 12.4 Å². The number of pyridine rings is 1. The lowest BCUT2D eigenvalue weighted by Crippen LogP contribution is -3.00. The average molecular weight is 311 g/mol. The third kappa shape index (κ3) is 4.34. The molecule has 0 amide bonds. The van der Waals surface area contributed by atoms with Gasteiger partial charge in [0.25, 0.3) is 5.82 Å². The predicted molar refractivity (Wildman–Crippen MR) is 85.9 cm³/mol. The topological polar surface area (TPSA) is 15.9 Å². The summed E-state index contributed by atoms with van der Waals surface area (Å²) in [6.07, 6.45) is 2.11. The molecule has 0 aliphatic carbocycles. The zero-order chi connectivity index (χ0) is 14.3. The Hall–Kier alpha value is -2.32. The lowest BCUT2D eigenvalue weighted by Gasteiger charge is -2.07. The van der Waals surface area contributed by atoms with Crippen LogP contribution in [0.25, 0.3) is 0 Å². The second kappa shape index (κ2) is 8.20. The second-order valence-electron chi connectivity index (χ2n) is 5.04. The van der Waals surface area contributed by atoms with Crippen LogP contribution in [0.5, 0.6) is 0 Å². The zero-order valence-corrected chi connectivity index (χ0v) is 13.1. The van der Waals surface area contributed by atoms with E-state index in [1.54, 1.807) is 0 Å². The highest BCUT2D eigenvalue weighted by Gasteiger charge is 2.08. The summed E-state index contributed by atoms with van der Waals surface area (Å²) in [5.41, 5.74) is 2.59. The molecule has 22 heavy (non-hydrogen) atoms. The summed E-state index contributed by atoms with van der Waals surface area (Å²) in [5, 5.41) is 3.51. The summed E-state index contributed by atoms with van der Waals surface area (Å²) in [7, 11) is 0. The van der Waals surface area contributed by atoms with E-state index in [1.165, 1.54) is 11.1 Å². The first kappa shape index (κ1) is 16.1. The number of nitrogens with zero attached hydrogens (tertiary/aromatic N) is 1. The van der Waals surface area contributed by atoms with Crippen LogP contribution in [0, 0.1) is 0 Å². The van der Waals surface area contributed by atoms with Gasteiger partial charge in [-0.1, -0.05) is 66.7 Å². The van der Waals surface area contributed by atoms with Crippen LogP contribution >= 0.6 is 0 Å². The fourth-order valence-corrected chi connectivity index (χ4v) is 2.34. The van der Waals surface area contributed by atoms with Crippen LogP contribution in [0.2, 0.25) is 0 Å². The Kier molecular flexibility index (Phi) is 5.99. The molecule has 1 aromatic heterocycles. The van der Waals surface area contributed by atoms with Gasteiger partial charge in [-0.15, -0.1) is 0 Å². The summed E-state index contributed by atoms with van der Waals surface area (Å²) < 4.78 is 2.23. The Morgan fingerprint density at radius 1 is 0.682 bits per heavy atom. The number of hydrogen-bond donors (Lipinski definition) is 1. The summed E-state index contributed by atoms with van der Waals surface area (Å²) in [4.78, 5) is 0. The molecule has 0 spiro atoms. The van der Waals surface area contributed by atoms with E-state index >= 15 is 0 Å². The number of anilines is 1. The van der Waals surface area contributed by atoms with E-state index in [0.717, 1.165) is 18.9 Å². The van der Waals surface area contributed by atoms with Crippen molar-refractivity contribution < 1.29 is 17.0 Å². The molecule has 3 aromatic rings. The molecule has 3 heteroatoms. The Morgan fingerprint density at radius 2 is 1.27 bits per heavy atom.